The minimum atomic E-state index is -2.63. The van der Waals surface area contributed by atoms with Crippen molar-refractivity contribution in [2.75, 3.05) is 5.73 Å². The number of pyridine rings is 1. The van der Waals surface area contributed by atoms with Crippen LogP contribution in [0, 0.1) is 14.9 Å². The molecule has 1 aromatic rings. The van der Waals surface area contributed by atoms with E-state index in [0.29, 0.717) is 0 Å². The molecule has 0 unspecified atom stereocenters. The Morgan fingerprint density at radius 2 is 2.23 bits per heavy atom. The number of anilines is 1. The first-order valence-corrected chi connectivity index (χ1v) is 4.28. The Bertz CT molecular complexity index is 373. The van der Waals surface area contributed by atoms with Gasteiger partial charge in [0.05, 0.1) is 3.57 Å². The maximum absolute atomic E-state index is 12.3. The third kappa shape index (κ3) is 2.03. The van der Waals surface area contributed by atoms with Gasteiger partial charge in [0.1, 0.15) is 17.6 Å². The lowest BCUT2D eigenvalue weighted by Gasteiger charge is -2.05. The molecule has 0 saturated heterocycles. The van der Waals surface area contributed by atoms with E-state index in [0.717, 1.165) is 6.07 Å². The summed E-state index contributed by atoms with van der Waals surface area (Å²) in [4.78, 5) is 3.61. The largest absolute Gasteiger partial charge is 0.383 e. The Morgan fingerprint density at radius 3 is 2.69 bits per heavy atom. The van der Waals surface area contributed by atoms with Crippen LogP contribution < -0.4 is 5.73 Å². The average molecular weight is 295 g/mol. The number of nitriles is 1. The zero-order valence-corrected chi connectivity index (χ0v) is 8.42. The zero-order chi connectivity index (χ0) is 10.0. The van der Waals surface area contributed by atoms with Crippen LogP contribution in [-0.2, 0) is 0 Å². The molecule has 0 amide bonds. The van der Waals surface area contributed by atoms with Gasteiger partial charge in [-0.3, -0.25) is 0 Å². The summed E-state index contributed by atoms with van der Waals surface area (Å²) < 4.78 is 24.9. The van der Waals surface area contributed by atoms with Gasteiger partial charge >= 0.3 is 0 Å². The molecular weight excluding hydrogens is 291 g/mol. The molecule has 1 aromatic heterocycles. The van der Waals surface area contributed by atoms with Gasteiger partial charge in [0.15, 0.2) is 0 Å². The number of hydrogen-bond acceptors (Lipinski definition) is 3. The standard InChI is InChI=1S/C7H4F2IN3/c8-6(9)4-1-3(2-11)13-7(12)5(4)10/h1,6H,(H2,12,13). The van der Waals surface area contributed by atoms with E-state index in [1.54, 1.807) is 28.7 Å². The Kier molecular flexibility index (Phi) is 2.98. The number of nitrogens with two attached hydrogens (primary N) is 1. The van der Waals surface area contributed by atoms with Gasteiger partial charge in [-0.05, 0) is 28.7 Å². The van der Waals surface area contributed by atoms with E-state index in [1.165, 1.54) is 0 Å². The molecule has 0 aliphatic heterocycles. The second kappa shape index (κ2) is 3.83. The van der Waals surface area contributed by atoms with E-state index in [4.69, 9.17) is 11.0 Å². The molecule has 6 heteroatoms. The van der Waals surface area contributed by atoms with Crippen molar-refractivity contribution < 1.29 is 8.78 Å². The summed E-state index contributed by atoms with van der Waals surface area (Å²) in [5.74, 6) is -0.0325. The summed E-state index contributed by atoms with van der Waals surface area (Å²) in [5.41, 5.74) is 5.00. The molecular formula is C7H4F2IN3. The lowest BCUT2D eigenvalue weighted by Crippen LogP contribution is -2.01. The number of rotatable bonds is 1. The first kappa shape index (κ1) is 10.1. The summed E-state index contributed by atoms with van der Waals surface area (Å²) in [6.45, 7) is 0. The first-order chi connectivity index (χ1) is 6.06. The maximum Gasteiger partial charge on any atom is 0.265 e. The highest BCUT2D eigenvalue weighted by atomic mass is 127. The van der Waals surface area contributed by atoms with Gasteiger partial charge in [-0.2, -0.15) is 5.26 Å². The van der Waals surface area contributed by atoms with Gasteiger partial charge in [0, 0.05) is 5.56 Å². The molecule has 0 spiro atoms. The van der Waals surface area contributed by atoms with Gasteiger partial charge in [-0.15, -0.1) is 0 Å². The minimum absolute atomic E-state index is 0.0325. The molecule has 0 fully saturated rings. The van der Waals surface area contributed by atoms with E-state index in [9.17, 15) is 8.78 Å². The summed E-state index contributed by atoms with van der Waals surface area (Å²) in [5, 5.41) is 8.44. The lowest BCUT2D eigenvalue weighted by molar-refractivity contribution is 0.150. The highest BCUT2D eigenvalue weighted by Crippen LogP contribution is 2.27. The van der Waals surface area contributed by atoms with Crippen molar-refractivity contribution in [3.8, 4) is 6.07 Å². The van der Waals surface area contributed by atoms with Crippen LogP contribution in [0.5, 0.6) is 0 Å². The summed E-state index contributed by atoms with van der Waals surface area (Å²) in [6, 6.07) is 2.71. The Hall–Kier alpha value is -0.970. The van der Waals surface area contributed by atoms with Crippen LogP contribution in [-0.4, -0.2) is 4.98 Å². The topological polar surface area (TPSA) is 62.7 Å². The molecule has 0 aliphatic carbocycles. The Morgan fingerprint density at radius 1 is 1.62 bits per heavy atom. The molecule has 2 N–H and O–H groups in total. The molecule has 0 radical (unpaired) electrons. The van der Waals surface area contributed by atoms with E-state index < -0.39 is 6.43 Å². The van der Waals surface area contributed by atoms with Crippen LogP contribution in [0.3, 0.4) is 0 Å². The summed E-state index contributed by atoms with van der Waals surface area (Å²) in [7, 11) is 0. The normalized spacial score (nSPS) is 10.1. The molecule has 0 aliphatic rings. The average Bonchev–Trinajstić information content (AvgIpc) is 2.09. The van der Waals surface area contributed by atoms with Crippen molar-refractivity contribution >= 4 is 28.4 Å². The third-order valence-electron chi connectivity index (χ3n) is 1.36. The number of nitrogen functional groups attached to an aromatic ring is 1. The summed E-state index contributed by atoms with van der Waals surface area (Å²) in [6.07, 6.45) is -2.63. The SMILES string of the molecule is N#Cc1cc(C(F)F)c(I)c(N)n1. The minimum Gasteiger partial charge on any atom is -0.383 e. The molecule has 0 saturated carbocycles. The molecule has 1 rings (SSSR count). The molecule has 0 aromatic carbocycles. The number of aromatic nitrogens is 1. The maximum atomic E-state index is 12.3. The zero-order valence-electron chi connectivity index (χ0n) is 6.26. The van der Waals surface area contributed by atoms with Crippen molar-refractivity contribution in [2.45, 2.75) is 6.43 Å². The summed E-state index contributed by atoms with van der Waals surface area (Å²) >= 11 is 1.68. The molecule has 13 heavy (non-hydrogen) atoms. The van der Waals surface area contributed by atoms with Crippen molar-refractivity contribution in [1.29, 1.82) is 5.26 Å². The number of alkyl halides is 2. The second-order valence-electron chi connectivity index (χ2n) is 2.21. The van der Waals surface area contributed by atoms with Crippen LogP contribution in [0.15, 0.2) is 6.07 Å². The van der Waals surface area contributed by atoms with E-state index in [2.05, 4.69) is 4.98 Å². The molecule has 1 heterocycles. The molecule has 0 bridgehead atoms. The third-order valence-corrected chi connectivity index (χ3v) is 2.54. The van der Waals surface area contributed by atoms with Crippen LogP contribution in [0.2, 0.25) is 0 Å². The fraction of sp³-hybridized carbons (Fsp3) is 0.143. The van der Waals surface area contributed by atoms with Crippen LogP contribution >= 0.6 is 22.6 Å². The van der Waals surface area contributed by atoms with Crippen LogP contribution in [0.25, 0.3) is 0 Å². The number of halogens is 3. The van der Waals surface area contributed by atoms with Crippen molar-refractivity contribution in [3.05, 3.63) is 20.9 Å². The molecule has 68 valence electrons. The highest BCUT2D eigenvalue weighted by Gasteiger charge is 2.15. The predicted molar refractivity (Wildman–Crippen MR) is 51.0 cm³/mol. The van der Waals surface area contributed by atoms with Gasteiger partial charge < -0.3 is 5.73 Å². The van der Waals surface area contributed by atoms with Gasteiger partial charge in [0.2, 0.25) is 0 Å². The van der Waals surface area contributed by atoms with E-state index >= 15 is 0 Å². The van der Waals surface area contributed by atoms with Gasteiger partial charge in [-0.1, -0.05) is 0 Å². The highest BCUT2D eigenvalue weighted by molar-refractivity contribution is 14.1. The fourth-order valence-corrected chi connectivity index (χ4v) is 1.30. The van der Waals surface area contributed by atoms with Crippen LogP contribution in [0.4, 0.5) is 14.6 Å². The lowest BCUT2D eigenvalue weighted by atomic mass is 10.2. The Balaban J connectivity index is 3.35. The smallest absolute Gasteiger partial charge is 0.265 e. The predicted octanol–water partition coefficient (Wildman–Crippen LogP) is 2.08. The van der Waals surface area contributed by atoms with Crippen molar-refractivity contribution in [3.63, 3.8) is 0 Å². The van der Waals surface area contributed by atoms with E-state index in [1.807, 2.05) is 0 Å². The number of nitrogens with zero attached hydrogens (tertiary/aromatic N) is 2. The fourth-order valence-electron chi connectivity index (χ4n) is 0.786. The first-order valence-electron chi connectivity index (χ1n) is 3.20. The second-order valence-corrected chi connectivity index (χ2v) is 3.29. The monoisotopic (exact) mass is 295 g/mol. The number of hydrogen-bond donors (Lipinski definition) is 1. The van der Waals surface area contributed by atoms with Crippen LogP contribution in [0.1, 0.15) is 17.7 Å². The Labute approximate surface area is 86.7 Å². The van der Waals surface area contributed by atoms with E-state index in [-0.39, 0.29) is 20.6 Å². The van der Waals surface area contributed by atoms with Crippen molar-refractivity contribution in [2.24, 2.45) is 0 Å². The molecule has 0 atom stereocenters. The van der Waals surface area contributed by atoms with Gasteiger partial charge in [-0.25, -0.2) is 13.8 Å². The van der Waals surface area contributed by atoms with Gasteiger partial charge in [0.25, 0.3) is 6.43 Å². The van der Waals surface area contributed by atoms with Crippen molar-refractivity contribution in [1.82, 2.24) is 4.98 Å². The quantitative estimate of drug-likeness (QED) is 0.807. The molecule has 3 nitrogen and oxygen atoms in total.